The molecule has 5 aliphatic heterocycles. The first-order valence-corrected chi connectivity index (χ1v) is 17.2. The molecule has 7 fully saturated rings. The van der Waals surface area contributed by atoms with Gasteiger partial charge in [-0.2, -0.15) is 0 Å². The molecular weight excluding hydrogens is 676 g/mol. The van der Waals surface area contributed by atoms with Gasteiger partial charge in [0, 0.05) is 47.5 Å². The lowest BCUT2D eigenvalue weighted by Gasteiger charge is -2.65. The van der Waals surface area contributed by atoms with Gasteiger partial charge in [0.15, 0.2) is 5.60 Å². The second-order valence-electron chi connectivity index (χ2n) is 15.8. The fraction of sp³-hybridized carbons (Fsp3) is 0.771. The first kappa shape index (κ1) is 34.9. The van der Waals surface area contributed by atoms with Gasteiger partial charge >= 0.3 is 23.9 Å². The Morgan fingerprint density at radius 1 is 0.961 bits per heavy atom. The lowest BCUT2D eigenvalue weighted by atomic mass is 9.37. The molecule has 8 aliphatic rings. The van der Waals surface area contributed by atoms with E-state index >= 15 is 0 Å². The van der Waals surface area contributed by atoms with E-state index in [0.29, 0.717) is 0 Å². The highest BCUT2D eigenvalue weighted by Crippen LogP contribution is 2.83. The van der Waals surface area contributed by atoms with Gasteiger partial charge < -0.3 is 58.0 Å². The Labute approximate surface area is 293 Å². The maximum atomic E-state index is 14.2. The Bertz CT molecular complexity index is 1660. The van der Waals surface area contributed by atoms with Crippen molar-refractivity contribution in [3.63, 3.8) is 0 Å². The summed E-state index contributed by atoms with van der Waals surface area (Å²) in [6, 6.07) is 0. The Balaban J connectivity index is 1.40. The van der Waals surface area contributed by atoms with Crippen LogP contribution in [-0.4, -0.2) is 126 Å². The molecule has 51 heavy (non-hydrogen) atoms. The van der Waals surface area contributed by atoms with Gasteiger partial charge in [-0.05, 0) is 33.3 Å². The van der Waals surface area contributed by atoms with Crippen molar-refractivity contribution in [1.29, 1.82) is 0 Å². The van der Waals surface area contributed by atoms with Crippen LogP contribution in [0.15, 0.2) is 24.0 Å². The van der Waals surface area contributed by atoms with Crippen molar-refractivity contribution in [2.45, 2.75) is 107 Å². The predicted molar refractivity (Wildman–Crippen MR) is 164 cm³/mol. The molecule has 16 nitrogen and oxygen atoms in total. The SMILES string of the molecule is C/C=C(\C)C(=O)O[C@H]1CC(OC(C)=O)[C@]2(C(=O)OC)CO[C@H]3C(O)C(C)(C45OC4(C)C4CC5OC5OC=CC54O)C4C(O)(C(=O)OC)OCC41[C@@H]32. The molecule has 0 aromatic carbocycles. The van der Waals surface area contributed by atoms with Crippen LogP contribution in [0.1, 0.15) is 47.5 Å². The maximum absolute atomic E-state index is 14.2. The van der Waals surface area contributed by atoms with Gasteiger partial charge in [0.05, 0.1) is 52.0 Å². The third kappa shape index (κ3) is 3.65. The molecule has 280 valence electrons. The minimum Gasteiger partial charge on any atom is -0.469 e. The number of esters is 4. The van der Waals surface area contributed by atoms with Gasteiger partial charge in [-0.3, -0.25) is 9.59 Å². The van der Waals surface area contributed by atoms with Crippen molar-refractivity contribution in [3.8, 4) is 0 Å². The zero-order valence-corrected chi connectivity index (χ0v) is 29.4. The quantitative estimate of drug-likeness (QED) is 0.140. The van der Waals surface area contributed by atoms with Crippen LogP contribution in [0.5, 0.6) is 0 Å². The van der Waals surface area contributed by atoms with Gasteiger partial charge in [0.1, 0.15) is 28.8 Å². The van der Waals surface area contributed by atoms with Crippen LogP contribution in [0.4, 0.5) is 0 Å². The number of hydrogen-bond donors (Lipinski definition) is 3. The van der Waals surface area contributed by atoms with E-state index in [1.165, 1.54) is 19.3 Å². The molecule has 4 saturated heterocycles. The number of ether oxygens (including phenoxy) is 9. The number of aliphatic hydroxyl groups is 3. The number of allylic oxidation sites excluding steroid dienone is 1. The van der Waals surface area contributed by atoms with Crippen molar-refractivity contribution in [2.24, 2.45) is 34.0 Å². The highest BCUT2D eigenvalue weighted by atomic mass is 16.7. The number of hydrogen-bond acceptors (Lipinski definition) is 16. The highest BCUT2D eigenvalue weighted by molar-refractivity contribution is 5.88. The fourth-order valence-electron chi connectivity index (χ4n) is 12.2. The van der Waals surface area contributed by atoms with E-state index in [1.54, 1.807) is 33.8 Å². The van der Waals surface area contributed by atoms with E-state index in [4.69, 9.17) is 42.6 Å². The molecule has 0 radical (unpaired) electrons. The van der Waals surface area contributed by atoms with Crippen molar-refractivity contribution >= 4 is 23.9 Å². The van der Waals surface area contributed by atoms with Crippen LogP contribution in [0.3, 0.4) is 0 Å². The van der Waals surface area contributed by atoms with Gasteiger partial charge in [0.25, 0.3) is 5.79 Å². The van der Waals surface area contributed by atoms with E-state index in [0.717, 1.165) is 14.2 Å². The van der Waals surface area contributed by atoms with Crippen molar-refractivity contribution in [1.82, 2.24) is 0 Å². The third-order valence-electron chi connectivity index (χ3n) is 14.1. The van der Waals surface area contributed by atoms with Crippen LogP contribution in [0.25, 0.3) is 0 Å². The number of fused-ring (bicyclic) bond motifs is 7. The van der Waals surface area contributed by atoms with E-state index in [-0.39, 0.29) is 18.4 Å². The van der Waals surface area contributed by atoms with Crippen LogP contribution >= 0.6 is 0 Å². The summed E-state index contributed by atoms with van der Waals surface area (Å²) in [5.41, 5.74) is -9.47. The number of carbonyl (C=O) groups is 4. The van der Waals surface area contributed by atoms with Crippen LogP contribution in [0, 0.1) is 34.0 Å². The van der Waals surface area contributed by atoms with E-state index in [1.807, 2.05) is 0 Å². The minimum atomic E-state index is -2.82. The number of carbonyl (C=O) groups excluding carboxylic acids is 4. The number of aliphatic hydroxyl groups excluding tert-OH is 1. The summed E-state index contributed by atoms with van der Waals surface area (Å²) in [7, 11) is 2.23. The summed E-state index contributed by atoms with van der Waals surface area (Å²) in [6.45, 7) is 6.88. The van der Waals surface area contributed by atoms with Gasteiger partial charge in [-0.25, -0.2) is 9.59 Å². The number of methoxy groups -OCH3 is 2. The molecule has 2 bridgehead atoms. The highest BCUT2D eigenvalue weighted by Gasteiger charge is 2.97. The van der Waals surface area contributed by atoms with E-state index in [2.05, 4.69) is 0 Å². The molecule has 3 saturated carbocycles. The lowest BCUT2D eigenvalue weighted by Crippen LogP contribution is -2.79. The van der Waals surface area contributed by atoms with Crippen molar-refractivity contribution in [3.05, 3.63) is 24.0 Å². The summed E-state index contributed by atoms with van der Waals surface area (Å²) in [5, 5.41) is 37.4. The molecule has 5 heterocycles. The normalized spacial score (nSPS) is 53.9. The van der Waals surface area contributed by atoms with Gasteiger partial charge in [0.2, 0.25) is 6.29 Å². The van der Waals surface area contributed by atoms with E-state index in [9.17, 15) is 34.5 Å². The zero-order valence-electron chi connectivity index (χ0n) is 29.4. The third-order valence-corrected chi connectivity index (χ3v) is 14.1. The minimum absolute atomic E-state index is 0.235. The Kier molecular flexibility index (Phi) is 7.20. The summed E-state index contributed by atoms with van der Waals surface area (Å²) in [6.07, 6.45) is -3.11. The predicted octanol–water partition coefficient (Wildman–Crippen LogP) is -0.203. The van der Waals surface area contributed by atoms with Gasteiger partial charge in [-0.15, -0.1) is 0 Å². The number of rotatable bonds is 6. The largest absolute Gasteiger partial charge is 0.469 e. The Hall–Kier alpha value is -3.12. The summed E-state index contributed by atoms with van der Waals surface area (Å²) >= 11 is 0. The van der Waals surface area contributed by atoms with Crippen LogP contribution < -0.4 is 0 Å². The first-order valence-electron chi connectivity index (χ1n) is 17.2. The molecule has 0 aromatic heterocycles. The molecule has 0 aromatic rings. The molecule has 3 aliphatic carbocycles. The van der Waals surface area contributed by atoms with Crippen molar-refractivity contribution in [2.75, 3.05) is 27.4 Å². The standard InChI is InChI=1S/C35H44O16/c1-8-15(2)24(38)49-18-12-19(48-16(3)36)32(26(39)43-6)13-46-21-22(32)31(18)14-47-34(42,27(40)44-7)25(31)29(4,23(21)37)35-20-11-17(30(35,5)51-35)33(41)9-10-45-28(33)50-20/h8-10,17-23,25,28,37,41-42H,11-14H2,1-7H3/b15-8+/t17?,18-,19?,20?,21+,22+,23?,25?,28?,29?,30?,31?,32+,33?,34?,35?/m0/s1. The molecule has 8 rings (SSSR count). The second-order valence-corrected chi connectivity index (χ2v) is 15.8. The molecule has 16 atom stereocenters. The molecular formula is C35H44O16. The van der Waals surface area contributed by atoms with Crippen LogP contribution in [-0.2, 0) is 61.8 Å². The molecule has 1 spiro atoms. The molecule has 3 N–H and O–H groups in total. The summed E-state index contributed by atoms with van der Waals surface area (Å²) in [4.78, 5) is 54.4. The Morgan fingerprint density at radius 3 is 2.31 bits per heavy atom. The average Bonchev–Trinajstić information content (AvgIpc) is 3.47. The zero-order chi connectivity index (χ0) is 36.9. The lowest BCUT2D eigenvalue weighted by molar-refractivity contribution is -0.314. The van der Waals surface area contributed by atoms with Crippen molar-refractivity contribution < 1.29 is 77.1 Å². The number of epoxide rings is 1. The average molecular weight is 721 g/mol. The molecule has 12 unspecified atom stereocenters. The van der Waals surface area contributed by atoms with Gasteiger partial charge in [-0.1, -0.05) is 13.0 Å². The second kappa shape index (κ2) is 10.5. The topological polar surface area (TPSA) is 215 Å². The fourth-order valence-corrected chi connectivity index (χ4v) is 12.2. The monoisotopic (exact) mass is 720 g/mol. The Morgan fingerprint density at radius 2 is 1.67 bits per heavy atom. The molecule has 16 heteroatoms. The smallest absolute Gasteiger partial charge is 0.366 e. The first-order chi connectivity index (χ1) is 23.9. The van der Waals surface area contributed by atoms with Crippen LogP contribution in [0.2, 0.25) is 0 Å². The van der Waals surface area contributed by atoms with E-state index < -0.39 is 130 Å². The maximum Gasteiger partial charge on any atom is 0.366 e. The summed E-state index contributed by atoms with van der Waals surface area (Å²) in [5.74, 6) is -9.76. The summed E-state index contributed by atoms with van der Waals surface area (Å²) < 4.78 is 54.0. The molecule has 0 amide bonds.